The van der Waals surface area contributed by atoms with Gasteiger partial charge < -0.3 is 15.6 Å². The summed E-state index contributed by atoms with van der Waals surface area (Å²) < 4.78 is 4.87. The largest absolute Gasteiger partial charge is 0.500 e. The third kappa shape index (κ3) is 3.55. The van der Waals surface area contributed by atoms with Crippen molar-refractivity contribution in [3.8, 4) is 17.6 Å². The van der Waals surface area contributed by atoms with Crippen LogP contribution in [0.5, 0.6) is 11.5 Å². The quantitative estimate of drug-likeness (QED) is 0.408. The number of thiophene rings is 1. The second-order valence-corrected chi connectivity index (χ2v) is 6.01. The molecule has 4 N–H and O–H groups in total. The molecule has 0 atom stereocenters. The highest BCUT2D eigenvalue weighted by Gasteiger charge is 2.20. The summed E-state index contributed by atoms with van der Waals surface area (Å²) in [5.41, 5.74) is 8.29. The van der Waals surface area contributed by atoms with Gasteiger partial charge in [0.2, 0.25) is 5.75 Å². The number of nitrogens with one attached hydrogen (secondary N) is 1. The zero-order chi connectivity index (χ0) is 19.4. The topological polar surface area (TPSA) is 164 Å². The van der Waals surface area contributed by atoms with Crippen LogP contribution >= 0.6 is 11.3 Å². The van der Waals surface area contributed by atoms with Gasteiger partial charge in [0.1, 0.15) is 15.9 Å². The number of phenolic OH excluding ortho intramolecular Hbond substituents is 1. The van der Waals surface area contributed by atoms with E-state index in [9.17, 15) is 20.0 Å². The summed E-state index contributed by atoms with van der Waals surface area (Å²) in [5, 5.41) is 33.6. The summed E-state index contributed by atoms with van der Waals surface area (Å²) >= 11 is 0.961. The van der Waals surface area contributed by atoms with Crippen LogP contribution in [0.2, 0.25) is 0 Å². The minimum absolute atomic E-state index is 0.104. The summed E-state index contributed by atoms with van der Waals surface area (Å²) in [4.78, 5) is 22.6. The fourth-order valence-electron chi connectivity index (χ4n) is 2.09. The van der Waals surface area contributed by atoms with Crippen molar-refractivity contribution in [2.75, 3.05) is 12.8 Å². The number of nitro groups is 1. The van der Waals surface area contributed by atoms with E-state index in [1.54, 1.807) is 6.92 Å². The Kier molecular flexibility index (Phi) is 5.39. The predicted octanol–water partition coefficient (Wildman–Crippen LogP) is 1.90. The second kappa shape index (κ2) is 7.49. The lowest BCUT2D eigenvalue weighted by atomic mass is 10.2. The van der Waals surface area contributed by atoms with Crippen molar-refractivity contribution >= 4 is 34.1 Å². The number of nitrogens with zero attached hydrogens (tertiary/aromatic N) is 3. The Morgan fingerprint density at radius 2 is 2.27 bits per heavy atom. The van der Waals surface area contributed by atoms with E-state index in [-0.39, 0.29) is 26.8 Å². The summed E-state index contributed by atoms with van der Waals surface area (Å²) in [6.07, 6.45) is 1.16. The molecule has 0 fully saturated rings. The van der Waals surface area contributed by atoms with E-state index in [0.717, 1.165) is 23.6 Å². The summed E-state index contributed by atoms with van der Waals surface area (Å²) in [5.74, 6) is -1.28. The van der Waals surface area contributed by atoms with Crippen LogP contribution in [0.3, 0.4) is 0 Å². The molecular weight excluding hydrogens is 362 g/mol. The van der Waals surface area contributed by atoms with Crippen LogP contribution in [0.1, 0.15) is 26.4 Å². The number of benzene rings is 1. The smallest absolute Gasteiger partial charge is 0.315 e. The molecule has 0 aliphatic rings. The molecule has 0 aliphatic carbocycles. The number of methoxy groups -OCH3 is 1. The van der Waals surface area contributed by atoms with Crippen LogP contribution in [0.15, 0.2) is 17.2 Å². The Morgan fingerprint density at radius 3 is 2.81 bits per heavy atom. The van der Waals surface area contributed by atoms with Gasteiger partial charge in [-0.3, -0.25) is 14.9 Å². The first-order valence-corrected chi connectivity index (χ1v) is 7.79. The number of phenols is 1. The standard InChI is InChI=1S/C15H13N5O5S/c1-7-9(5-16)14(17)26-13(7)15(22)19-18-6-8-3-10(20(23)24)12(21)11(4-8)25-2/h3-4,6,21H,17H2,1-2H3,(H,19,22). The molecule has 0 unspecified atom stereocenters. The van der Waals surface area contributed by atoms with Gasteiger partial charge >= 0.3 is 5.69 Å². The Bertz CT molecular complexity index is 960. The maximum atomic E-state index is 12.1. The van der Waals surface area contributed by atoms with E-state index < -0.39 is 22.3 Å². The van der Waals surface area contributed by atoms with E-state index in [0.29, 0.717) is 5.56 Å². The van der Waals surface area contributed by atoms with E-state index in [1.165, 1.54) is 13.2 Å². The minimum atomic E-state index is -0.769. The molecule has 0 bridgehead atoms. The number of nitrogen functional groups attached to an aromatic ring is 1. The van der Waals surface area contributed by atoms with Gasteiger partial charge in [-0.1, -0.05) is 0 Å². The van der Waals surface area contributed by atoms with Crippen molar-refractivity contribution in [2.45, 2.75) is 6.92 Å². The number of nitro benzene ring substituents is 1. The third-order valence-electron chi connectivity index (χ3n) is 3.37. The Hall–Kier alpha value is -3.65. The number of hydrogen-bond donors (Lipinski definition) is 3. The molecule has 1 aromatic heterocycles. The number of hydrogen-bond acceptors (Lipinski definition) is 9. The number of amides is 1. The number of nitriles is 1. The van der Waals surface area contributed by atoms with E-state index in [1.807, 2.05) is 6.07 Å². The first-order valence-electron chi connectivity index (χ1n) is 6.97. The first-order chi connectivity index (χ1) is 12.3. The monoisotopic (exact) mass is 375 g/mol. The van der Waals surface area contributed by atoms with Crippen molar-refractivity contribution in [2.24, 2.45) is 5.10 Å². The number of rotatable bonds is 5. The van der Waals surface area contributed by atoms with Crippen LogP contribution in [-0.2, 0) is 0 Å². The van der Waals surface area contributed by atoms with Gasteiger partial charge in [0.05, 0.1) is 23.8 Å². The minimum Gasteiger partial charge on any atom is -0.500 e. The maximum Gasteiger partial charge on any atom is 0.315 e. The molecule has 0 radical (unpaired) electrons. The molecule has 1 aromatic carbocycles. The third-order valence-corrected chi connectivity index (χ3v) is 4.49. The fourth-order valence-corrected chi connectivity index (χ4v) is 3.01. The fraction of sp³-hybridized carbons (Fsp3) is 0.133. The highest BCUT2D eigenvalue weighted by atomic mass is 32.1. The summed E-state index contributed by atoms with van der Waals surface area (Å²) in [6.45, 7) is 1.60. The molecular formula is C15H13N5O5S. The highest BCUT2D eigenvalue weighted by Crippen LogP contribution is 2.36. The predicted molar refractivity (Wildman–Crippen MR) is 94.6 cm³/mol. The molecule has 11 heteroatoms. The average molecular weight is 375 g/mol. The number of hydrazone groups is 1. The molecule has 1 heterocycles. The van der Waals surface area contributed by atoms with E-state index >= 15 is 0 Å². The van der Waals surface area contributed by atoms with E-state index in [2.05, 4.69) is 10.5 Å². The van der Waals surface area contributed by atoms with Crippen LogP contribution < -0.4 is 15.9 Å². The Labute approximate surface area is 151 Å². The first kappa shape index (κ1) is 18.7. The molecule has 0 spiro atoms. The molecule has 0 saturated heterocycles. The van der Waals surface area contributed by atoms with Crippen LogP contribution in [0.4, 0.5) is 10.7 Å². The molecule has 2 rings (SSSR count). The lowest BCUT2D eigenvalue weighted by molar-refractivity contribution is -0.386. The van der Waals surface area contributed by atoms with Gasteiger partial charge in [-0.05, 0) is 18.6 Å². The van der Waals surface area contributed by atoms with E-state index in [4.69, 9.17) is 15.7 Å². The van der Waals surface area contributed by atoms with Gasteiger partial charge in [-0.25, -0.2) is 5.43 Å². The zero-order valence-electron chi connectivity index (χ0n) is 13.6. The maximum absolute atomic E-state index is 12.1. The number of carbonyl (C=O) groups is 1. The number of ether oxygens (including phenoxy) is 1. The molecule has 26 heavy (non-hydrogen) atoms. The molecule has 1 amide bonds. The normalized spacial score (nSPS) is 10.5. The average Bonchev–Trinajstić information content (AvgIpc) is 2.89. The second-order valence-electron chi connectivity index (χ2n) is 4.95. The molecule has 134 valence electrons. The van der Waals surface area contributed by atoms with Gasteiger partial charge in [-0.2, -0.15) is 10.4 Å². The molecule has 0 saturated carbocycles. The van der Waals surface area contributed by atoms with Crippen LogP contribution in [0.25, 0.3) is 0 Å². The van der Waals surface area contributed by atoms with Crippen LogP contribution in [0, 0.1) is 28.4 Å². The number of nitrogens with two attached hydrogens (primary N) is 1. The summed E-state index contributed by atoms with van der Waals surface area (Å²) in [7, 11) is 1.25. The van der Waals surface area contributed by atoms with Gasteiger partial charge in [0.15, 0.2) is 5.75 Å². The Balaban J connectivity index is 2.23. The van der Waals surface area contributed by atoms with Crippen molar-refractivity contribution < 1.29 is 19.6 Å². The molecule has 10 nitrogen and oxygen atoms in total. The number of anilines is 1. The summed E-state index contributed by atoms with van der Waals surface area (Å²) in [6, 6.07) is 4.32. The lowest BCUT2D eigenvalue weighted by Crippen LogP contribution is -2.17. The zero-order valence-corrected chi connectivity index (χ0v) is 14.5. The van der Waals surface area contributed by atoms with Gasteiger partial charge in [0.25, 0.3) is 5.91 Å². The van der Waals surface area contributed by atoms with Gasteiger partial charge in [-0.15, -0.1) is 11.3 Å². The van der Waals surface area contributed by atoms with Crippen molar-refractivity contribution in [3.05, 3.63) is 43.8 Å². The van der Waals surface area contributed by atoms with Crippen molar-refractivity contribution in [1.29, 1.82) is 5.26 Å². The SMILES string of the molecule is COc1cc(C=NNC(=O)c2sc(N)c(C#N)c2C)cc([N+](=O)[O-])c1O. The highest BCUT2D eigenvalue weighted by molar-refractivity contribution is 7.18. The lowest BCUT2D eigenvalue weighted by Gasteiger charge is -2.05. The van der Waals surface area contributed by atoms with Gasteiger partial charge in [0, 0.05) is 11.6 Å². The van der Waals surface area contributed by atoms with Crippen molar-refractivity contribution in [1.82, 2.24) is 5.43 Å². The molecule has 2 aromatic rings. The van der Waals surface area contributed by atoms with Crippen molar-refractivity contribution in [3.63, 3.8) is 0 Å². The molecule has 0 aliphatic heterocycles. The van der Waals surface area contributed by atoms with Crippen LogP contribution in [-0.4, -0.2) is 29.3 Å². The Morgan fingerprint density at radius 1 is 1.58 bits per heavy atom. The number of carbonyl (C=O) groups excluding carboxylic acids is 1. The number of aromatic hydroxyl groups is 1.